The molecule has 1 aromatic rings. The molecule has 1 aromatic carbocycles. The number of thioether (sulfide) groups is 1. The highest BCUT2D eigenvalue weighted by Gasteiger charge is 2.40. The van der Waals surface area contributed by atoms with Crippen molar-refractivity contribution >= 4 is 52.2 Å². The predicted octanol–water partition coefficient (Wildman–Crippen LogP) is 5.73. The molecule has 0 unspecified atom stereocenters. The molecule has 1 aliphatic heterocycles. The number of benzene rings is 1. The third-order valence-corrected chi connectivity index (χ3v) is 6.99. The number of aliphatic carboxylic acids is 2. The summed E-state index contributed by atoms with van der Waals surface area (Å²) in [5, 5.41) is 18.5. The van der Waals surface area contributed by atoms with Crippen LogP contribution >= 0.6 is 24.0 Å². The first-order valence-electron chi connectivity index (χ1n) is 12.3. The van der Waals surface area contributed by atoms with E-state index in [-0.39, 0.29) is 28.2 Å². The Morgan fingerprint density at radius 2 is 1.83 bits per heavy atom. The van der Waals surface area contributed by atoms with Crippen molar-refractivity contribution in [2.24, 2.45) is 0 Å². The van der Waals surface area contributed by atoms with Gasteiger partial charge in [-0.25, -0.2) is 4.79 Å². The van der Waals surface area contributed by atoms with E-state index < -0.39 is 23.9 Å². The van der Waals surface area contributed by atoms with Gasteiger partial charge in [0.25, 0.3) is 5.91 Å². The number of ether oxygens (including phenoxy) is 2. The highest BCUT2D eigenvalue weighted by Crippen LogP contribution is 2.37. The number of unbranched alkanes of at least 4 members (excludes halogenated alkanes) is 4. The van der Waals surface area contributed by atoms with E-state index in [0.29, 0.717) is 23.7 Å². The molecular formula is C26H35NO7S2. The van der Waals surface area contributed by atoms with Crippen LogP contribution in [0.25, 0.3) is 6.08 Å². The number of carboxylic acids is 2. The molecule has 0 spiro atoms. The molecule has 0 aliphatic carbocycles. The average molecular weight is 538 g/mol. The highest BCUT2D eigenvalue weighted by molar-refractivity contribution is 8.26. The Balaban J connectivity index is 2.15. The smallest absolute Gasteiger partial charge is 0.326 e. The first kappa shape index (κ1) is 29.6. The van der Waals surface area contributed by atoms with Crippen LogP contribution in [0.3, 0.4) is 0 Å². The molecule has 2 rings (SSSR count). The first-order chi connectivity index (χ1) is 17.2. The van der Waals surface area contributed by atoms with Crippen LogP contribution in [-0.4, -0.2) is 56.0 Å². The molecule has 1 amide bonds. The zero-order valence-corrected chi connectivity index (χ0v) is 22.7. The van der Waals surface area contributed by atoms with Crippen molar-refractivity contribution in [3.05, 3.63) is 28.7 Å². The minimum Gasteiger partial charge on any atom is -0.490 e. The van der Waals surface area contributed by atoms with E-state index >= 15 is 0 Å². The Bertz CT molecular complexity index is 979. The van der Waals surface area contributed by atoms with Crippen molar-refractivity contribution in [2.45, 2.75) is 84.3 Å². The lowest BCUT2D eigenvalue weighted by molar-refractivity contribution is -0.146. The van der Waals surface area contributed by atoms with Gasteiger partial charge in [-0.1, -0.05) is 62.7 Å². The number of carbonyl (C=O) groups excluding carboxylic acids is 1. The number of hydrogen-bond donors (Lipinski definition) is 2. The zero-order valence-electron chi connectivity index (χ0n) is 21.0. The lowest BCUT2D eigenvalue weighted by atomic mass is 10.1. The average Bonchev–Trinajstić information content (AvgIpc) is 3.08. The van der Waals surface area contributed by atoms with E-state index in [2.05, 4.69) is 6.92 Å². The fourth-order valence-corrected chi connectivity index (χ4v) is 5.17. The van der Waals surface area contributed by atoms with Crippen LogP contribution in [0.2, 0.25) is 0 Å². The van der Waals surface area contributed by atoms with Gasteiger partial charge in [0.05, 0.1) is 17.6 Å². The standard InChI is InChI=1S/C26H35NO7S2/c1-4-6-7-8-9-10-17(3)34-20-13-11-18(15-21(20)33-5-2)16-22-24(30)27(26(35)36-22)19(25(31)32)12-14-23(28)29/h11,13,15-17,19H,4-10,12,14H2,1-3H3,(H,28,29)(H,31,32)/b22-16+/t17-,19-/m0/s1. The minimum absolute atomic E-state index is 0.0340. The number of carbonyl (C=O) groups is 3. The normalized spacial score (nSPS) is 16.3. The molecule has 2 atom stereocenters. The summed E-state index contributed by atoms with van der Waals surface area (Å²) in [4.78, 5) is 36.8. The van der Waals surface area contributed by atoms with Gasteiger partial charge < -0.3 is 19.7 Å². The van der Waals surface area contributed by atoms with Gasteiger partial charge in [0.1, 0.15) is 10.4 Å². The van der Waals surface area contributed by atoms with Crippen LogP contribution in [-0.2, 0) is 14.4 Å². The van der Waals surface area contributed by atoms with Gasteiger partial charge in [-0.15, -0.1) is 0 Å². The van der Waals surface area contributed by atoms with Crippen LogP contribution in [0.4, 0.5) is 0 Å². The Hall–Kier alpha value is -2.59. The second-order valence-corrected chi connectivity index (χ2v) is 10.3. The Labute approximate surface area is 222 Å². The zero-order chi connectivity index (χ0) is 26.7. The van der Waals surface area contributed by atoms with Crippen molar-refractivity contribution in [1.29, 1.82) is 0 Å². The summed E-state index contributed by atoms with van der Waals surface area (Å²) >= 11 is 6.24. The van der Waals surface area contributed by atoms with Gasteiger partial charge in [0.2, 0.25) is 0 Å². The maximum atomic E-state index is 13.0. The monoisotopic (exact) mass is 537 g/mol. The largest absolute Gasteiger partial charge is 0.490 e. The number of rotatable bonds is 16. The SMILES string of the molecule is CCCCCCC[C@H](C)Oc1ccc(/C=C2/SC(=S)N([C@@H](CCC(=O)O)C(=O)O)C2=O)cc1OCC. The number of carboxylic acid groups (broad SMARTS) is 2. The Kier molecular flexibility index (Phi) is 12.2. The molecule has 2 N–H and O–H groups in total. The lowest BCUT2D eigenvalue weighted by Crippen LogP contribution is -2.44. The van der Waals surface area contributed by atoms with E-state index in [1.807, 2.05) is 13.8 Å². The lowest BCUT2D eigenvalue weighted by Gasteiger charge is -2.22. The maximum absolute atomic E-state index is 13.0. The predicted molar refractivity (Wildman–Crippen MR) is 144 cm³/mol. The fourth-order valence-electron chi connectivity index (χ4n) is 3.81. The summed E-state index contributed by atoms with van der Waals surface area (Å²) in [5.74, 6) is -1.81. The Morgan fingerprint density at radius 3 is 2.47 bits per heavy atom. The maximum Gasteiger partial charge on any atom is 0.326 e. The molecule has 0 bridgehead atoms. The van der Waals surface area contributed by atoms with E-state index in [4.69, 9.17) is 26.8 Å². The summed E-state index contributed by atoms with van der Waals surface area (Å²) in [7, 11) is 0. The summed E-state index contributed by atoms with van der Waals surface area (Å²) in [6.45, 7) is 6.55. The summed E-state index contributed by atoms with van der Waals surface area (Å²) in [6.07, 6.45) is 7.99. The molecular weight excluding hydrogens is 502 g/mol. The molecule has 36 heavy (non-hydrogen) atoms. The first-order valence-corrected chi connectivity index (χ1v) is 13.6. The Morgan fingerprint density at radius 1 is 1.11 bits per heavy atom. The van der Waals surface area contributed by atoms with Gasteiger partial charge in [-0.2, -0.15) is 0 Å². The molecule has 198 valence electrons. The summed E-state index contributed by atoms with van der Waals surface area (Å²) in [6, 6.07) is 4.05. The minimum atomic E-state index is -1.34. The second-order valence-electron chi connectivity index (χ2n) is 8.61. The van der Waals surface area contributed by atoms with Gasteiger partial charge in [0, 0.05) is 6.42 Å². The molecule has 8 nitrogen and oxygen atoms in total. The van der Waals surface area contributed by atoms with Crippen LogP contribution in [0.5, 0.6) is 11.5 Å². The van der Waals surface area contributed by atoms with Gasteiger partial charge >= 0.3 is 11.9 Å². The number of amides is 1. The van der Waals surface area contributed by atoms with E-state index in [1.54, 1.807) is 24.3 Å². The van der Waals surface area contributed by atoms with Crippen molar-refractivity contribution in [3.8, 4) is 11.5 Å². The van der Waals surface area contributed by atoms with Crippen molar-refractivity contribution in [2.75, 3.05) is 6.61 Å². The van der Waals surface area contributed by atoms with Crippen molar-refractivity contribution in [1.82, 2.24) is 4.90 Å². The molecule has 1 fully saturated rings. The number of thiocarbonyl (C=S) groups is 1. The summed E-state index contributed by atoms with van der Waals surface area (Å²) in [5.41, 5.74) is 0.677. The van der Waals surface area contributed by atoms with Gasteiger partial charge in [-0.05, 0) is 56.9 Å². The van der Waals surface area contributed by atoms with Gasteiger partial charge in [-0.3, -0.25) is 14.5 Å². The molecule has 0 saturated carbocycles. The van der Waals surface area contributed by atoms with E-state index in [1.165, 1.54) is 25.7 Å². The van der Waals surface area contributed by atoms with E-state index in [0.717, 1.165) is 29.5 Å². The highest BCUT2D eigenvalue weighted by atomic mass is 32.2. The molecule has 1 heterocycles. The molecule has 1 saturated heterocycles. The molecule has 0 aromatic heterocycles. The van der Waals surface area contributed by atoms with Crippen LogP contribution in [0, 0.1) is 0 Å². The quantitative estimate of drug-likeness (QED) is 0.155. The number of nitrogens with zero attached hydrogens (tertiary/aromatic N) is 1. The number of hydrogen-bond acceptors (Lipinski definition) is 7. The van der Waals surface area contributed by atoms with Crippen LogP contribution < -0.4 is 9.47 Å². The molecule has 0 radical (unpaired) electrons. The van der Waals surface area contributed by atoms with Crippen LogP contribution in [0.1, 0.15) is 77.7 Å². The molecule has 10 heteroatoms. The van der Waals surface area contributed by atoms with Crippen molar-refractivity contribution < 1.29 is 34.1 Å². The van der Waals surface area contributed by atoms with Crippen LogP contribution in [0.15, 0.2) is 23.1 Å². The third-order valence-electron chi connectivity index (χ3n) is 5.66. The third kappa shape index (κ3) is 8.81. The van der Waals surface area contributed by atoms with Gasteiger partial charge in [0.15, 0.2) is 11.5 Å². The topological polar surface area (TPSA) is 113 Å². The second kappa shape index (κ2) is 14.8. The fraction of sp³-hybridized carbons (Fsp3) is 0.538. The van der Waals surface area contributed by atoms with E-state index in [9.17, 15) is 19.5 Å². The summed E-state index contributed by atoms with van der Waals surface area (Å²) < 4.78 is 12.0. The molecule has 1 aliphatic rings. The van der Waals surface area contributed by atoms with Crippen molar-refractivity contribution in [3.63, 3.8) is 0 Å².